The molecule has 0 saturated carbocycles. The average molecular weight is 283 g/mol. The summed E-state index contributed by atoms with van der Waals surface area (Å²) in [5, 5.41) is 3.41. The van der Waals surface area contributed by atoms with E-state index in [4.69, 9.17) is 13.9 Å². The van der Waals surface area contributed by atoms with Gasteiger partial charge in [0, 0.05) is 18.7 Å². The highest BCUT2D eigenvalue weighted by molar-refractivity contribution is 5.16. The van der Waals surface area contributed by atoms with Crippen molar-refractivity contribution >= 4 is 0 Å². The van der Waals surface area contributed by atoms with Gasteiger partial charge in [0.2, 0.25) is 0 Å². The Morgan fingerprint density at radius 1 is 1.10 bits per heavy atom. The summed E-state index contributed by atoms with van der Waals surface area (Å²) in [5.41, 5.74) is 1.17. The number of nitrogens with one attached hydrogen (secondary N) is 1. The van der Waals surface area contributed by atoms with Crippen LogP contribution in [0.25, 0.3) is 0 Å². The fourth-order valence-corrected chi connectivity index (χ4v) is 1.75. The fourth-order valence-electron chi connectivity index (χ4n) is 1.75. The lowest BCUT2D eigenvalue weighted by Crippen LogP contribution is -2.19. The Morgan fingerprint density at radius 3 is 2.55 bits per heavy atom. The largest absolute Gasteiger partial charge is 0.467 e. The van der Waals surface area contributed by atoms with Gasteiger partial charge in [0.25, 0.3) is 0 Å². The van der Waals surface area contributed by atoms with Crippen LogP contribution in [0.1, 0.15) is 39.0 Å². The second-order valence-electron chi connectivity index (χ2n) is 5.92. The predicted octanol–water partition coefficient (Wildman–Crippen LogP) is 3.21. The smallest absolute Gasteiger partial charge is 0.133 e. The number of furan rings is 1. The summed E-state index contributed by atoms with van der Waals surface area (Å²) >= 11 is 0. The van der Waals surface area contributed by atoms with Crippen molar-refractivity contribution in [1.82, 2.24) is 5.32 Å². The topological polar surface area (TPSA) is 43.6 Å². The summed E-state index contributed by atoms with van der Waals surface area (Å²) in [6, 6.07) is 2.00. The molecular weight excluding hydrogens is 254 g/mol. The Morgan fingerprint density at radius 2 is 1.85 bits per heavy atom. The van der Waals surface area contributed by atoms with E-state index in [1.54, 1.807) is 6.26 Å². The van der Waals surface area contributed by atoms with Gasteiger partial charge in [-0.1, -0.05) is 27.7 Å². The SMILES string of the molecule is CC(C)CNCc1ccoc1COCCOCC(C)C. The highest BCUT2D eigenvalue weighted by atomic mass is 16.5. The van der Waals surface area contributed by atoms with E-state index in [0.717, 1.165) is 25.5 Å². The second kappa shape index (κ2) is 9.97. The third-order valence-electron chi connectivity index (χ3n) is 2.76. The van der Waals surface area contributed by atoms with Crippen LogP contribution in [0.4, 0.5) is 0 Å². The van der Waals surface area contributed by atoms with Crippen molar-refractivity contribution < 1.29 is 13.9 Å². The van der Waals surface area contributed by atoms with E-state index in [9.17, 15) is 0 Å². The maximum atomic E-state index is 5.58. The molecule has 0 atom stereocenters. The van der Waals surface area contributed by atoms with Crippen LogP contribution >= 0.6 is 0 Å². The standard InChI is InChI=1S/C16H29NO3/c1-13(2)9-17-10-15-5-6-20-16(15)12-19-8-7-18-11-14(3)4/h5-6,13-14,17H,7-12H2,1-4H3. The van der Waals surface area contributed by atoms with Crippen LogP contribution in [0, 0.1) is 11.8 Å². The van der Waals surface area contributed by atoms with E-state index in [1.165, 1.54) is 5.56 Å². The van der Waals surface area contributed by atoms with Crippen molar-refractivity contribution in [3.05, 3.63) is 23.7 Å². The van der Waals surface area contributed by atoms with E-state index in [-0.39, 0.29) is 0 Å². The van der Waals surface area contributed by atoms with Gasteiger partial charge in [-0.05, 0) is 24.4 Å². The highest BCUT2D eigenvalue weighted by Gasteiger charge is 2.06. The van der Waals surface area contributed by atoms with Gasteiger partial charge in [-0.15, -0.1) is 0 Å². The molecule has 1 aromatic heterocycles. The third kappa shape index (κ3) is 7.68. The maximum Gasteiger partial charge on any atom is 0.133 e. The molecule has 0 radical (unpaired) electrons. The van der Waals surface area contributed by atoms with Gasteiger partial charge in [0.05, 0.1) is 19.5 Å². The van der Waals surface area contributed by atoms with Gasteiger partial charge < -0.3 is 19.2 Å². The van der Waals surface area contributed by atoms with Crippen molar-refractivity contribution in [3.8, 4) is 0 Å². The Bertz CT molecular complexity index is 347. The summed E-state index contributed by atoms with van der Waals surface area (Å²) in [6.07, 6.45) is 1.72. The van der Waals surface area contributed by atoms with Crippen LogP contribution in [0.3, 0.4) is 0 Å². The molecule has 0 aromatic carbocycles. The van der Waals surface area contributed by atoms with Gasteiger partial charge in [0.15, 0.2) is 0 Å². The van der Waals surface area contributed by atoms with Crippen LogP contribution in [0.2, 0.25) is 0 Å². The summed E-state index contributed by atoms with van der Waals surface area (Å²) in [4.78, 5) is 0. The van der Waals surface area contributed by atoms with Gasteiger partial charge in [0.1, 0.15) is 12.4 Å². The van der Waals surface area contributed by atoms with E-state index < -0.39 is 0 Å². The second-order valence-corrected chi connectivity index (χ2v) is 5.92. The summed E-state index contributed by atoms with van der Waals surface area (Å²) in [5.74, 6) is 2.13. The molecule has 0 fully saturated rings. The van der Waals surface area contributed by atoms with Gasteiger partial charge in [-0.25, -0.2) is 0 Å². The third-order valence-corrected chi connectivity index (χ3v) is 2.76. The molecule has 116 valence electrons. The maximum absolute atomic E-state index is 5.58. The van der Waals surface area contributed by atoms with Crippen molar-refractivity contribution in [1.29, 1.82) is 0 Å². The zero-order chi connectivity index (χ0) is 14.8. The Hall–Kier alpha value is -0.840. The highest BCUT2D eigenvalue weighted by Crippen LogP contribution is 2.11. The van der Waals surface area contributed by atoms with E-state index >= 15 is 0 Å². The molecule has 0 unspecified atom stereocenters. The zero-order valence-corrected chi connectivity index (χ0v) is 13.3. The fraction of sp³-hybridized carbons (Fsp3) is 0.750. The first kappa shape index (κ1) is 17.2. The van der Waals surface area contributed by atoms with E-state index in [0.29, 0.717) is 31.7 Å². The summed E-state index contributed by atoms with van der Waals surface area (Å²) in [7, 11) is 0. The van der Waals surface area contributed by atoms with E-state index in [2.05, 4.69) is 33.0 Å². The quantitative estimate of drug-likeness (QED) is 0.633. The van der Waals surface area contributed by atoms with Crippen molar-refractivity contribution in [2.24, 2.45) is 11.8 Å². The van der Waals surface area contributed by atoms with Crippen LogP contribution < -0.4 is 5.32 Å². The number of hydrogen-bond donors (Lipinski definition) is 1. The number of hydrogen-bond acceptors (Lipinski definition) is 4. The minimum Gasteiger partial charge on any atom is -0.467 e. The first-order valence-corrected chi connectivity index (χ1v) is 7.51. The zero-order valence-electron chi connectivity index (χ0n) is 13.3. The Kier molecular flexibility index (Phi) is 8.58. The molecule has 0 aliphatic rings. The summed E-state index contributed by atoms with van der Waals surface area (Å²) < 4.78 is 16.5. The van der Waals surface area contributed by atoms with Crippen LogP contribution in [-0.2, 0) is 22.6 Å². The normalized spacial score (nSPS) is 11.7. The molecule has 1 aromatic rings. The minimum atomic E-state index is 0.511. The number of ether oxygens (including phenoxy) is 2. The Balaban J connectivity index is 2.15. The first-order chi connectivity index (χ1) is 9.59. The van der Waals surface area contributed by atoms with Crippen molar-refractivity contribution in [2.75, 3.05) is 26.4 Å². The molecule has 0 bridgehead atoms. The van der Waals surface area contributed by atoms with E-state index in [1.807, 2.05) is 6.07 Å². The molecular formula is C16H29NO3. The van der Waals surface area contributed by atoms with Crippen molar-refractivity contribution in [3.63, 3.8) is 0 Å². The Labute approximate surface area is 122 Å². The average Bonchev–Trinajstić information content (AvgIpc) is 2.80. The monoisotopic (exact) mass is 283 g/mol. The number of rotatable bonds is 11. The molecule has 20 heavy (non-hydrogen) atoms. The minimum absolute atomic E-state index is 0.511. The molecule has 1 N–H and O–H groups in total. The molecule has 0 aliphatic carbocycles. The lowest BCUT2D eigenvalue weighted by Gasteiger charge is -2.09. The lowest BCUT2D eigenvalue weighted by atomic mass is 10.2. The molecule has 4 heteroatoms. The molecule has 0 aliphatic heterocycles. The lowest BCUT2D eigenvalue weighted by molar-refractivity contribution is 0.0261. The molecule has 1 heterocycles. The molecule has 0 saturated heterocycles. The summed E-state index contributed by atoms with van der Waals surface area (Å²) in [6.45, 7) is 13.1. The molecule has 1 rings (SSSR count). The molecule has 0 amide bonds. The molecule has 0 spiro atoms. The van der Waals surface area contributed by atoms with Crippen LogP contribution in [0.15, 0.2) is 16.7 Å². The van der Waals surface area contributed by atoms with Crippen LogP contribution in [0.5, 0.6) is 0 Å². The molecule has 4 nitrogen and oxygen atoms in total. The van der Waals surface area contributed by atoms with Gasteiger partial charge >= 0.3 is 0 Å². The predicted molar refractivity (Wildman–Crippen MR) is 80.6 cm³/mol. The van der Waals surface area contributed by atoms with Gasteiger partial charge in [-0.3, -0.25) is 0 Å². The van der Waals surface area contributed by atoms with Crippen LogP contribution in [-0.4, -0.2) is 26.4 Å². The van der Waals surface area contributed by atoms with Gasteiger partial charge in [-0.2, -0.15) is 0 Å². The first-order valence-electron chi connectivity index (χ1n) is 7.51. The van der Waals surface area contributed by atoms with Crippen molar-refractivity contribution in [2.45, 2.75) is 40.8 Å².